The van der Waals surface area contributed by atoms with Crippen LogP contribution in [0, 0.1) is 0 Å². The molecular weight excluding hydrogens is 468 g/mol. The van der Waals surface area contributed by atoms with E-state index in [0.717, 1.165) is 23.4 Å². The number of hydrogen-bond donors (Lipinski definition) is 1. The lowest BCUT2D eigenvalue weighted by molar-refractivity contribution is -0.113. The van der Waals surface area contributed by atoms with Crippen molar-refractivity contribution in [2.24, 2.45) is 0 Å². The maximum absolute atomic E-state index is 12.7. The Morgan fingerprint density at radius 3 is 2.50 bits per heavy atom. The van der Waals surface area contributed by atoms with E-state index in [4.69, 9.17) is 16.3 Å². The van der Waals surface area contributed by atoms with Gasteiger partial charge in [0, 0.05) is 11.4 Å². The molecule has 6 nitrogen and oxygen atoms in total. The summed E-state index contributed by atoms with van der Waals surface area (Å²) in [4.78, 5) is 12.7. The molecule has 0 aliphatic rings. The highest BCUT2D eigenvalue weighted by molar-refractivity contribution is 7.99. The van der Waals surface area contributed by atoms with E-state index in [1.807, 2.05) is 84.3 Å². The molecular formula is C26H25ClN4O2S. The maximum Gasteiger partial charge on any atom is 0.234 e. The predicted molar refractivity (Wildman–Crippen MR) is 137 cm³/mol. The van der Waals surface area contributed by atoms with Gasteiger partial charge in [-0.1, -0.05) is 78.8 Å². The Morgan fingerprint density at radius 2 is 1.74 bits per heavy atom. The first-order chi connectivity index (χ1) is 16.6. The lowest BCUT2D eigenvalue weighted by Crippen LogP contribution is -2.16. The molecule has 0 saturated heterocycles. The first-order valence-corrected chi connectivity index (χ1v) is 12.4. The summed E-state index contributed by atoms with van der Waals surface area (Å²) in [5, 5.41) is 12.9. The zero-order chi connectivity index (χ0) is 23.9. The monoisotopic (exact) mass is 492 g/mol. The van der Waals surface area contributed by atoms with Crippen LogP contribution < -0.4 is 10.1 Å². The zero-order valence-corrected chi connectivity index (χ0v) is 20.5. The van der Waals surface area contributed by atoms with E-state index in [9.17, 15) is 4.79 Å². The van der Waals surface area contributed by atoms with Crippen molar-refractivity contribution in [3.05, 3.63) is 95.3 Å². The van der Waals surface area contributed by atoms with Gasteiger partial charge in [-0.2, -0.15) is 0 Å². The number of aromatic nitrogens is 3. The van der Waals surface area contributed by atoms with E-state index in [0.29, 0.717) is 21.8 Å². The van der Waals surface area contributed by atoms with Gasteiger partial charge in [0.2, 0.25) is 5.91 Å². The van der Waals surface area contributed by atoms with Gasteiger partial charge < -0.3 is 10.1 Å². The Hall–Kier alpha value is -3.29. The maximum atomic E-state index is 12.7. The number of para-hydroxylation sites is 3. The second kappa shape index (κ2) is 11.2. The fraction of sp³-hybridized carbons (Fsp3) is 0.192. The summed E-state index contributed by atoms with van der Waals surface area (Å²) in [6, 6.07) is 24.9. The van der Waals surface area contributed by atoms with Gasteiger partial charge in [0.05, 0.1) is 10.8 Å². The Labute approximate surface area is 208 Å². The number of carbonyl (C=O) groups excluding carboxylic acids is 1. The fourth-order valence-electron chi connectivity index (χ4n) is 3.51. The summed E-state index contributed by atoms with van der Waals surface area (Å²) in [7, 11) is 0. The lowest BCUT2D eigenvalue weighted by atomic mass is 10.1. The van der Waals surface area contributed by atoms with Crippen molar-refractivity contribution < 1.29 is 9.53 Å². The fourth-order valence-corrected chi connectivity index (χ4v) is 4.45. The first-order valence-electron chi connectivity index (χ1n) is 11.0. The molecule has 8 heteroatoms. The van der Waals surface area contributed by atoms with Crippen LogP contribution in [0.4, 0.5) is 5.69 Å². The molecule has 1 amide bonds. The number of nitrogens with zero attached hydrogens (tertiary/aromatic N) is 3. The summed E-state index contributed by atoms with van der Waals surface area (Å²) in [5.74, 6) is 1.28. The highest BCUT2D eigenvalue weighted by atomic mass is 35.5. The molecule has 0 spiro atoms. The standard InChI is InChI=1S/C26H25ClN4O2S/c1-3-19-11-7-9-15-22(19)28-24(32)17-34-26-30-29-25(31(26)20-12-5-4-6-13-20)18(2)33-23-16-10-8-14-21(23)27/h4-16,18H,3,17H2,1-2H3,(H,28,32). The minimum absolute atomic E-state index is 0.101. The van der Waals surface area contributed by atoms with Gasteiger partial charge in [0.15, 0.2) is 17.1 Å². The third-order valence-electron chi connectivity index (χ3n) is 5.18. The van der Waals surface area contributed by atoms with Crippen LogP contribution in [0.15, 0.2) is 84.0 Å². The molecule has 1 aromatic heterocycles. The number of carbonyl (C=O) groups is 1. The van der Waals surface area contributed by atoms with E-state index in [2.05, 4.69) is 22.4 Å². The number of aryl methyl sites for hydroxylation is 1. The molecule has 3 aromatic carbocycles. The van der Waals surface area contributed by atoms with Crippen molar-refractivity contribution in [2.75, 3.05) is 11.1 Å². The molecule has 4 rings (SSSR count). The van der Waals surface area contributed by atoms with Gasteiger partial charge in [0.25, 0.3) is 0 Å². The number of thioether (sulfide) groups is 1. The molecule has 0 fully saturated rings. The molecule has 4 aromatic rings. The number of amides is 1. The van der Waals surface area contributed by atoms with Gasteiger partial charge in [-0.25, -0.2) is 0 Å². The Bertz CT molecular complexity index is 1260. The van der Waals surface area contributed by atoms with Crippen molar-refractivity contribution in [1.82, 2.24) is 14.8 Å². The summed E-state index contributed by atoms with van der Waals surface area (Å²) in [6.07, 6.45) is 0.422. The van der Waals surface area contributed by atoms with E-state index in [1.165, 1.54) is 11.8 Å². The van der Waals surface area contributed by atoms with Gasteiger partial charge >= 0.3 is 0 Å². The SMILES string of the molecule is CCc1ccccc1NC(=O)CSc1nnc(C(C)Oc2ccccc2Cl)n1-c1ccccc1. The van der Waals surface area contributed by atoms with Crippen LogP contribution in [-0.4, -0.2) is 26.4 Å². The molecule has 1 unspecified atom stereocenters. The lowest BCUT2D eigenvalue weighted by Gasteiger charge is -2.17. The van der Waals surface area contributed by atoms with Crippen LogP contribution in [0.25, 0.3) is 5.69 Å². The van der Waals surface area contributed by atoms with Crippen LogP contribution in [0.3, 0.4) is 0 Å². The van der Waals surface area contributed by atoms with Crippen molar-refractivity contribution in [2.45, 2.75) is 31.5 Å². The Morgan fingerprint density at radius 1 is 1.03 bits per heavy atom. The highest BCUT2D eigenvalue weighted by Crippen LogP contribution is 2.31. The number of hydrogen-bond acceptors (Lipinski definition) is 5. The van der Waals surface area contributed by atoms with Crippen molar-refractivity contribution in [1.29, 1.82) is 0 Å². The van der Waals surface area contributed by atoms with Crippen molar-refractivity contribution in [3.8, 4) is 11.4 Å². The zero-order valence-electron chi connectivity index (χ0n) is 18.9. The molecule has 0 bridgehead atoms. The summed E-state index contributed by atoms with van der Waals surface area (Å²) >= 11 is 7.60. The minimum atomic E-state index is -0.424. The number of benzene rings is 3. The number of anilines is 1. The third kappa shape index (κ3) is 5.61. The van der Waals surface area contributed by atoms with Gasteiger partial charge in [-0.3, -0.25) is 9.36 Å². The van der Waals surface area contributed by atoms with Gasteiger partial charge in [-0.05, 0) is 49.2 Å². The van der Waals surface area contributed by atoms with Crippen LogP contribution in [0.2, 0.25) is 5.02 Å². The number of rotatable bonds is 9. The van der Waals surface area contributed by atoms with Crippen LogP contribution in [0.1, 0.15) is 31.3 Å². The summed E-state index contributed by atoms with van der Waals surface area (Å²) in [6.45, 7) is 3.96. The second-order valence-electron chi connectivity index (χ2n) is 7.55. The molecule has 0 aliphatic heterocycles. The number of nitrogens with one attached hydrogen (secondary N) is 1. The molecule has 0 radical (unpaired) electrons. The molecule has 0 saturated carbocycles. The number of halogens is 1. The molecule has 34 heavy (non-hydrogen) atoms. The first kappa shape index (κ1) is 23.9. The van der Waals surface area contributed by atoms with Crippen LogP contribution in [-0.2, 0) is 11.2 Å². The largest absolute Gasteiger partial charge is 0.481 e. The molecule has 1 atom stereocenters. The van der Waals surface area contributed by atoms with E-state index >= 15 is 0 Å². The molecule has 1 heterocycles. The smallest absolute Gasteiger partial charge is 0.234 e. The molecule has 1 N–H and O–H groups in total. The van der Waals surface area contributed by atoms with Gasteiger partial charge in [-0.15, -0.1) is 10.2 Å². The minimum Gasteiger partial charge on any atom is -0.481 e. The predicted octanol–water partition coefficient (Wildman–Crippen LogP) is 6.35. The van der Waals surface area contributed by atoms with Crippen LogP contribution >= 0.6 is 23.4 Å². The molecule has 174 valence electrons. The molecule has 0 aliphatic carbocycles. The van der Waals surface area contributed by atoms with E-state index in [1.54, 1.807) is 6.07 Å². The van der Waals surface area contributed by atoms with Gasteiger partial charge in [0.1, 0.15) is 5.75 Å². The van der Waals surface area contributed by atoms with E-state index in [-0.39, 0.29) is 11.7 Å². The topological polar surface area (TPSA) is 69.0 Å². The van der Waals surface area contributed by atoms with Crippen molar-refractivity contribution >= 4 is 35.0 Å². The average Bonchev–Trinajstić information content (AvgIpc) is 3.29. The average molecular weight is 493 g/mol. The normalized spacial score (nSPS) is 11.7. The van der Waals surface area contributed by atoms with E-state index < -0.39 is 6.10 Å². The summed E-state index contributed by atoms with van der Waals surface area (Å²) < 4.78 is 8.01. The van der Waals surface area contributed by atoms with Crippen LogP contribution in [0.5, 0.6) is 5.75 Å². The van der Waals surface area contributed by atoms with Crippen molar-refractivity contribution in [3.63, 3.8) is 0 Å². The highest BCUT2D eigenvalue weighted by Gasteiger charge is 2.22. The number of ether oxygens (including phenoxy) is 1. The quantitative estimate of drug-likeness (QED) is 0.275. The Balaban J connectivity index is 1.55. The Kier molecular flexibility index (Phi) is 7.87. The summed E-state index contributed by atoms with van der Waals surface area (Å²) in [5.41, 5.74) is 2.82. The second-order valence-corrected chi connectivity index (χ2v) is 8.90. The third-order valence-corrected chi connectivity index (χ3v) is 6.42.